The van der Waals surface area contributed by atoms with Gasteiger partial charge in [-0.05, 0) is 43.4 Å². The number of hydrogen-bond acceptors (Lipinski definition) is 2. The van der Waals surface area contributed by atoms with Crippen LogP contribution in [0.3, 0.4) is 0 Å². The molecule has 0 aromatic heterocycles. The number of unbranched alkanes of at least 4 members (excludes halogenated alkanes) is 1. The summed E-state index contributed by atoms with van der Waals surface area (Å²) in [6.45, 7) is 5.36. The summed E-state index contributed by atoms with van der Waals surface area (Å²) in [6.07, 6.45) is 8.37. The van der Waals surface area contributed by atoms with Crippen molar-refractivity contribution in [3.63, 3.8) is 0 Å². The second-order valence-corrected chi connectivity index (χ2v) is 6.92. The van der Waals surface area contributed by atoms with E-state index in [2.05, 4.69) is 33.2 Å². The Bertz CT molecular complexity index is 620. The zero-order valence-electron chi connectivity index (χ0n) is 16.1. The maximum absolute atomic E-state index is 12.3. The van der Waals surface area contributed by atoms with E-state index >= 15 is 0 Å². The molecular weight excluding hydrogens is 324 g/mol. The molecule has 2 rings (SSSR count). The van der Waals surface area contributed by atoms with Crippen LogP contribution in [0.1, 0.15) is 44.1 Å². The number of rotatable bonds is 8. The zero-order valence-corrected chi connectivity index (χ0v) is 16.1. The molecule has 1 aromatic rings. The van der Waals surface area contributed by atoms with E-state index < -0.39 is 0 Å². The monoisotopic (exact) mass is 356 g/mol. The van der Waals surface area contributed by atoms with Crippen LogP contribution in [0.5, 0.6) is 0 Å². The first kappa shape index (κ1) is 20.0. The Morgan fingerprint density at radius 1 is 1.38 bits per heavy atom. The Hall–Kier alpha value is -2.30. The lowest BCUT2D eigenvalue weighted by atomic mass is 10.1. The molecule has 1 fully saturated rings. The lowest BCUT2D eigenvalue weighted by Crippen LogP contribution is -2.38. The van der Waals surface area contributed by atoms with Crippen molar-refractivity contribution >= 4 is 17.6 Å². The summed E-state index contributed by atoms with van der Waals surface area (Å²) in [5.41, 5.74) is 1.99. The molecule has 1 aliphatic rings. The Morgan fingerprint density at radius 3 is 2.85 bits per heavy atom. The number of anilines is 1. The van der Waals surface area contributed by atoms with Gasteiger partial charge in [-0.2, -0.15) is 0 Å². The molecule has 0 atom stereocenters. The quantitative estimate of drug-likeness (QED) is 0.322. The third-order valence-electron chi connectivity index (χ3n) is 4.85. The Kier molecular flexibility index (Phi) is 8.19. The maximum atomic E-state index is 12.3. The van der Waals surface area contributed by atoms with Crippen LogP contribution in [0, 0.1) is 5.92 Å². The molecule has 0 unspecified atom stereocenters. The van der Waals surface area contributed by atoms with Gasteiger partial charge in [-0.1, -0.05) is 31.1 Å². The highest BCUT2D eigenvalue weighted by atomic mass is 16.1. The molecular formula is C21H32N4O. The highest BCUT2D eigenvalue weighted by Crippen LogP contribution is 2.26. The van der Waals surface area contributed by atoms with E-state index in [1.807, 2.05) is 31.3 Å². The lowest BCUT2D eigenvalue weighted by molar-refractivity contribution is -0.119. The van der Waals surface area contributed by atoms with Gasteiger partial charge in [0.25, 0.3) is 0 Å². The third kappa shape index (κ3) is 6.21. The van der Waals surface area contributed by atoms with Gasteiger partial charge in [-0.25, -0.2) is 0 Å². The van der Waals surface area contributed by atoms with E-state index in [0.717, 1.165) is 49.4 Å². The van der Waals surface area contributed by atoms with Crippen LogP contribution in [0.4, 0.5) is 5.69 Å². The number of hydrogen-bond donors (Lipinski definition) is 2. The average Bonchev–Trinajstić information content (AvgIpc) is 3.18. The standard InChI is InChI=1S/C21H32N4O/c1-4-5-8-14-25(3)21(22-2)23-16-17-10-9-13-19(15-17)24-20(26)18-11-6-7-12-18/h4,9-10,13,15,18H,1,5-8,11-12,14,16H2,2-3H3,(H,22,23)(H,24,26). The van der Waals surface area contributed by atoms with Crippen LogP contribution < -0.4 is 10.6 Å². The van der Waals surface area contributed by atoms with Gasteiger partial charge in [-0.15, -0.1) is 6.58 Å². The Balaban J connectivity index is 1.86. The van der Waals surface area contributed by atoms with Crippen LogP contribution in [0.15, 0.2) is 41.9 Å². The minimum Gasteiger partial charge on any atom is -0.352 e. The van der Waals surface area contributed by atoms with Crippen LogP contribution in [-0.2, 0) is 11.3 Å². The van der Waals surface area contributed by atoms with Gasteiger partial charge in [-0.3, -0.25) is 9.79 Å². The van der Waals surface area contributed by atoms with Gasteiger partial charge in [0.1, 0.15) is 0 Å². The second kappa shape index (κ2) is 10.6. The highest BCUT2D eigenvalue weighted by Gasteiger charge is 2.22. The summed E-state index contributed by atoms with van der Waals surface area (Å²) < 4.78 is 0. The van der Waals surface area contributed by atoms with Crippen LogP contribution in [-0.4, -0.2) is 37.4 Å². The number of amides is 1. The molecule has 0 aliphatic heterocycles. The minimum absolute atomic E-state index is 0.158. The fraction of sp³-hybridized carbons (Fsp3) is 0.524. The average molecular weight is 357 g/mol. The van der Waals surface area contributed by atoms with E-state index in [9.17, 15) is 4.79 Å². The smallest absolute Gasteiger partial charge is 0.227 e. The fourth-order valence-corrected chi connectivity index (χ4v) is 3.34. The number of nitrogens with one attached hydrogen (secondary N) is 2. The van der Waals surface area contributed by atoms with Crippen molar-refractivity contribution in [1.29, 1.82) is 0 Å². The van der Waals surface area contributed by atoms with Crippen molar-refractivity contribution < 1.29 is 4.79 Å². The molecule has 5 nitrogen and oxygen atoms in total. The largest absolute Gasteiger partial charge is 0.352 e. The van der Waals surface area contributed by atoms with Crippen molar-refractivity contribution in [2.24, 2.45) is 10.9 Å². The van der Waals surface area contributed by atoms with Crippen LogP contribution >= 0.6 is 0 Å². The molecule has 2 N–H and O–H groups in total. The van der Waals surface area contributed by atoms with Gasteiger partial charge in [0.2, 0.25) is 5.91 Å². The number of carbonyl (C=O) groups is 1. The first-order valence-electron chi connectivity index (χ1n) is 9.56. The molecule has 1 saturated carbocycles. The van der Waals surface area contributed by atoms with Gasteiger partial charge >= 0.3 is 0 Å². The second-order valence-electron chi connectivity index (χ2n) is 6.92. The molecule has 0 heterocycles. The summed E-state index contributed by atoms with van der Waals surface area (Å²) in [7, 11) is 3.83. The molecule has 0 radical (unpaired) electrons. The number of benzene rings is 1. The number of guanidine groups is 1. The van der Waals surface area contributed by atoms with Crippen molar-refractivity contribution in [1.82, 2.24) is 10.2 Å². The molecule has 5 heteroatoms. The molecule has 1 aliphatic carbocycles. The van der Waals surface area contributed by atoms with Gasteiger partial charge in [0, 0.05) is 38.8 Å². The molecule has 0 bridgehead atoms. The fourth-order valence-electron chi connectivity index (χ4n) is 3.34. The zero-order chi connectivity index (χ0) is 18.8. The summed E-state index contributed by atoms with van der Waals surface area (Å²) in [5, 5.41) is 6.45. The Labute approximate surface area is 157 Å². The SMILES string of the molecule is C=CCCCN(C)C(=NC)NCc1cccc(NC(=O)C2CCCC2)c1. The van der Waals surface area contributed by atoms with E-state index in [1.165, 1.54) is 12.8 Å². The summed E-state index contributed by atoms with van der Waals surface area (Å²) in [4.78, 5) is 18.8. The van der Waals surface area contributed by atoms with Gasteiger partial charge in [0.15, 0.2) is 5.96 Å². The first-order chi connectivity index (χ1) is 12.6. The van der Waals surface area contributed by atoms with Crippen LogP contribution in [0.2, 0.25) is 0 Å². The van der Waals surface area contributed by atoms with E-state index in [4.69, 9.17) is 0 Å². The molecule has 0 spiro atoms. The molecule has 1 amide bonds. The van der Waals surface area contributed by atoms with Gasteiger partial charge < -0.3 is 15.5 Å². The number of allylic oxidation sites excluding steroid dienone is 1. The highest BCUT2D eigenvalue weighted by molar-refractivity contribution is 5.92. The molecule has 0 saturated heterocycles. The minimum atomic E-state index is 0.158. The number of nitrogens with zero attached hydrogens (tertiary/aromatic N) is 2. The Morgan fingerprint density at radius 2 is 2.15 bits per heavy atom. The van der Waals surface area contributed by atoms with Crippen molar-refractivity contribution in [3.8, 4) is 0 Å². The van der Waals surface area contributed by atoms with E-state index in [-0.39, 0.29) is 11.8 Å². The number of aliphatic imine (C=N–C) groups is 1. The van der Waals surface area contributed by atoms with Crippen molar-refractivity contribution in [2.75, 3.05) is 26.0 Å². The number of carbonyl (C=O) groups excluding carboxylic acids is 1. The maximum Gasteiger partial charge on any atom is 0.227 e. The molecule has 1 aromatic carbocycles. The van der Waals surface area contributed by atoms with E-state index in [1.54, 1.807) is 7.05 Å². The third-order valence-corrected chi connectivity index (χ3v) is 4.85. The van der Waals surface area contributed by atoms with E-state index in [0.29, 0.717) is 6.54 Å². The van der Waals surface area contributed by atoms with Crippen molar-refractivity contribution in [3.05, 3.63) is 42.5 Å². The first-order valence-corrected chi connectivity index (χ1v) is 9.56. The topological polar surface area (TPSA) is 56.7 Å². The summed E-state index contributed by atoms with van der Waals surface area (Å²) in [6, 6.07) is 8.03. The summed E-state index contributed by atoms with van der Waals surface area (Å²) in [5.74, 6) is 1.21. The summed E-state index contributed by atoms with van der Waals surface area (Å²) >= 11 is 0. The predicted molar refractivity (Wildman–Crippen MR) is 109 cm³/mol. The normalized spacial score (nSPS) is 14.9. The van der Waals surface area contributed by atoms with Gasteiger partial charge in [0.05, 0.1) is 0 Å². The lowest BCUT2D eigenvalue weighted by Gasteiger charge is -2.22. The predicted octanol–water partition coefficient (Wildman–Crippen LogP) is 3.79. The van der Waals surface area contributed by atoms with Crippen LogP contribution in [0.25, 0.3) is 0 Å². The molecule has 26 heavy (non-hydrogen) atoms. The van der Waals surface area contributed by atoms with Crippen molar-refractivity contribution in [2.45, 2.75) is 45.1 Å². The molecule has 142 valence electrons.